The zero-order valence-corrected chi connectivity index (χ0v) is 8.83. The quantitative estimate of drug-likeness (QED) is 0.635. The summed E-state index contributed by atoms with van der Waals surface area (Å²) in [5.41, 5.74) is 0. The molecular formula is C10H19N3O. The van der Waals surface area contributed by atoms with Gasteiger partial charge in [0, 0.05) is 20.1 Å². The zero-order chi connectivity index (χ0) is 9.97. The lowest BCUT2D eigenvalue weighted by molar-refractivity contribution is -0.136. The van der Waals surface area contributed by atoms with Crippen LogP contribution in [-0.4, -0.2) is 55.1 Å². The van der Waals surface area contributed by atoms with Crippen molar-refractivity contribution >= 4 is 5.91 Å². The van der Waals surface area contributed by atoms with Crippen molar-refractivity contribution in [2.24, 2.45) is 0 Å². The maximum atomic E-state index is 11.5. The number of hydrogen-bond donors (Lipinski definition) is 1. The van der Waals surface area contributed by atoms with E-state index in [1.807, 2.05) is 11.9 Å². The van der Waals surface area contributed by atoms with Crippen LogP contribution >= 0.6 is 0 Å². The summed E-state index contributed by atoms with van der Waals surface area (Å²) in [5, 5.41) is 3.48. The molecule has 1 atom stereocenters. The summed E-state index contributed by atoms with van der Waals surface area (Å²) >= 11 is 0. The summed E-state index contributed by atoms with van der Waals surface area (Å²) in [5.74, 6) is 0.253. The third-order valence-electron chi connectivity index (χ3n) is 3.21. The van der Waals surface area contributed by atoms with Gasteiger partial charge in [0.15, 0.2) is 0 Å². The van der Waals surface area contributed by atoms with Crippen molar-refractivity contribution < 1.29 is 4.79 Å². The molecule has 0 spiro atoms. The van der Waals surface area contributed by atoms with Gasteiger partial charge in [-0.05, 0) is 25.8 Å². The average Bonchev–Trinajstić information content (AvgIpc) is 2.23. The average molecular weight is 197 g/mol. The van der Waals surface area contributed by atoms with Crippen LogP contribution in [0.3, 0.4) is 0 Å². The molecule has 0 aromatic carbocycles. The standard InChI is InChI=1S/C10H19N3O/c1-12-6-7-13(8-10(12)14)9-4-2-3-5-11-9/h9,11H,2-8H2,1H3. The Bertz CT molecular complexity index is 213. The number of carbonyl (C=O) groups excluding carboxylic acids is 1. The molecule has 4 nitrogen and oxygen atoms in total. The Labute approximate surface area is 85.2 Å². The van der Waals surface area contributed by atoms with Crippen molar-refractivity contribution in [2.45, 2.75) is 25.4 Å². The van der Waals surface area contributed by atoms with E-state index in [0.717, 1.165) is 19.6 Å². The van der Waals surface area contributed by atoms with E-state index < -0.39 is 0 Å². The number of carbonyl (C=O) groups is 1. The largest absolute Gasteiger partial charge is 0.343 e. The first-order valence-corrected chi connectivity index (χ1v) is 5.49. The van der Waals surface area contributed by atoms with E-state index in [9.17, 15) is 4.79 Å². The van der Waals surface area contributed by atoms with E-state index in [1.54, 1.807) is 0 Å². The lowest BCUT2D eigenvalue weighted by Crippen LogP contribution is -2.57. The lowest BCUT2D eigenvalue weighted by Gasteiger charge is -2.39. The molecule has 0 aromatic heterocycles. The van der Waals surface area contributed by atoms with E-state index >= 15 is 0 Å². The molecule has 0 bridgehead atoms. The monoisotopic (exact) mass is 197 g/mol. The van der Waals surface area contributed by atoms with Gasteiger partial charge in [-0.25, -0.2) is 0 Å². The minimum absolute atomic E-state index is 0.253. The number of piperidine rings is 1. The summed E-state index contributed by atoms with van der Waals surface area (Å²) in [7, 11) is 1.88. The van der Waals surface area contributed by atoms with Crippen molar-refractivity contribution in [3.63, 3.8) is 0 Å². The third-order valence-corrected chi connectivity index (χ3v) is 3.21. The Kier molecular flexibility index (Phi) is 3.03. The summed E-state index contributed by atoms with van der Waals surface area (Å²) in [6.07, 6.45) is 4.20. The van der Waals surface area contributed by atoms with Gasteiger partial charge in [-0.15, -0.1) is 0 Å². The summed E-state index contributed by atoms with van der Waals surface area (Å²) in [6, 6.07) is 0. The van der Waals surface area contributed by atoms with Crippen LogP contribution in [0.15, 0.2) is 0 Å². The van der Waals surface area contributed by atoms with Crippen LogP contribution < -0.4 is 5.32 Å². The minimum Gasteiger partial charge on any atom is -0.343 e. The number of hydrogen-bond acceptors (Lipinski definition) is 3. The van der Waals surface area contributed by atoms with E-state index in [1.165, 1.54) is 19.3 Å². The van der Waals surface area contributed by atoms with Gasteiger partial charge < -0.3 is 10.2 Å². The predicted molar refractivity (Wildman–Crippen MR) is 54.9 cm³/mol. The molecule has 2 saturated heterocycles. The highest BCUT2D eigenvalue weighted by Gasteiger charge is 2.27. The highest BCUT2D eigenvalue weighted by atomic mass is 16.2. The van der Waals surface area contributed by atoms with E-state index in [-0.39, 0.29) is 5.91 Å². The number of amides is 1. The van der Waals surface area contributed by atoms with Crippen molar-refractivity contribution in [3.8, 4) is 0 Å². The van der Waals surface area contributed by atoms with Crippen molar-refractivity contribution in [1.29, 1.82) is 0 Å². The van der Waals surface area contributed by atoms with E-state index in [2.05, 4.69) is 10.2 Å². The second kappa shape index (κ2) is 4.28. The van der Waals surface area contributed by atoms with E-state index in [4.69, 9.17) is 0 Å². The Morgan fingerprint density at radius 3 is 2.86 bits per heavy atom. The first kappa shape index (κ1) is 9.93. The summed E-state index contributed by atoms with van der Waals surface area (Å²) in [4.78, 5) is 15.6. The second-order valence-electron chi connectivity index (χ2n) is 4.25. The maximum absolute atomic E-state index is 11.5. The molecule has 2 fully saturated rings. The molecule has 0 radical (unpaired) electrons. The number of likely N-dealkylation sites (N-methyl/N-ethyl adjacent to an activating group) is 1. The summed E-state index contributed by atoms with van der Waals surface area (Å²) < 4.78 is 0. The van der Waals surface area contributed by atoms with Gasteiger partial charge >= 0.3 is 0 Å². The molecule has 0 aromatic rings. The fourth-order valence-corrected chi connectivity index (χ4v) is 2.19. The van der Waals surface area contributed by atoms with Crippen LogP contribution in [0, 0.1) is 0 Å². The molecule has 2 aliphatic rings. The topological polar surface area (TPSA) is 35.6 Å². The van der Waals surface area contributed by atoms with Gasteiger partial charge in [-0.3, -0.25) is 9.69 Å². The van der Waals surface area contributed by atoms with Crippen LogP contribution in [0.5, 0.6) is 0 Å². The molecule has 1 N–H and O–H groups in total. The molecule has 0 saturated carbocycles. The van der Waals surface area contributed by atoms with Crippen molar-refractivity contribution in [2.75, 3.05) is 33.2 Å². The third kappa shape index (κ3) is 2.07. The number of piperazine rings is 1. The molecular weight excluding hydrogens is 178 g/mol. The first-order chi connectivity index (χ1) is 6.77. The molecule has 1 unspecified atom stereocenters. The van der Waals surface area contributed by atoms with E-state index in [0.29, 0.717) is 12.7 Å². The Morgan fingerprint density at radius 1 is 1.36 bits per heavy atom. The molecule has 2 rings (SSSR count). The van der Waals surface area contributed by atoms with Crippen molar-refractivity contribution in [3.05, 3.63) is 0 Å². The van der Waals surface area contributed by atoms with Gasteiger partial charge in [0.1, 0.15) is 0 Å². The Balaban J connectivity index is 1.88. The molecule has 80 valence electrons. The van der Waals surface area contributed by atoms with Gasteiger partial charge in [-0.2, -0.15) is 0 Å². The van der Waals surface area contributed by atoms with Crippen LogP contribution in [0.25, 0.3) is 0 Å². The number of nitrogens with zero attached hydrogens (tertiary/aromatic N) is 2. The normalized spacial score (nSPS) is 30.8. The zero-order valence-electron chi connectivity index (χ0n) is 8.83. The van der Waals surface area contributed by atoms with Crippen molar-refractivity contribution in [1.82, 2.24) is 15.1 Å². The van der Waals surface area contributed by atoms with Gasteiger partial charge in [0.05, 0.1) is 12.7 Å². The van der Waals surface area contributed by atoms with Gasteiger partial charge in [-0.1, -0.05) is 0 Å². The molecule has 2 heterocycles. The smallest absolute Gasteiger partial charge is 0.236 e. The molecule has 0 aliphatic carbocycles. The fraction of sp³-hybridized carbons (Fsp3) is 0.900. The first-order valence-electron chi connectivity index (χ1n) is 5.49. The highest BCUT2D eigenvalue weighted by Crippen LogP contribution is 2.13. The summed E-state index contributed by atoms with van der Waals surface area (Å²) in [6.45, 7) is 3.58. The molecule has 2 aliphatic heterocycles. The predicted octanol–water partition coefficient (Wildman–Crippen LogP) is -0.140. The maximum Gasteiger partial charge on any atom is 0.236 e. The number of nitrogens with one attached hydrogen (secondary N) is 1. The molecule has 4 heteroatoms. The lowest BCUT2D eigenvalue weighted by atomic mass is 10.1. The second-order valence-corrected chi connectivity index (χ2v) is 4.25. The van der Waals surface area contributed by atoms with Gasteiger partial charge in [0.2, 0.25) is 5.91 Å². The van der Waals surface area contributed by atoms with Crippen LogP contribution in [-0.2, 0) is 4.79 Å². The molecule has 14 heavy (non-hydrogen) atoms. The van der Waals surface area contributed by atoms with Crippen LogP contribution in [0.4, 0.5) is 0 Å². The SMILES string of the molecule is CN1CCN(C2CCCCN2)CC1=O. The van der Waals surface area contributed by atoms with Gasteiger partial charge in [0.25, 0.3) is 0 Å². The van der Waals surface area contributed by atoms with Crippen LogP contribution in [0.1, 0.15) is 19.3 Å². The highest BCUT2D eigenvalue weighted by molar-refractivity contribution is 5.78. The Morgan fingerprint density at radius 2 is 2.21 bits per heavy atom. The molecule has 1 amide bonds. The van der Waals surface area contributed by atoms with Crippen LogP contribution in [0.2, 0.25) is 0 Å². The fourth-order valence-electron chi connectivity index (χ4n) is 2.19. The number of rotatable bonds is 1. The Hall–Kier alpha value is -0.610. The minimum atomic E-state index is 0.253.